The number of aromatic nitrogens is 1. The smallest absolute Gasteiger partial charge is 0.142 e. The molecule has 0 amide bonds. The lowest BCUT2D eigenvalue weighted by molar-refractivity contribution is 0.570. The van der Waals surface area contributed by atoms with Crippen molar-refractivity contribution in [1.29, 1.82) is 5.26 Å². The first kappa shape index (κ1) is 14.4. The summed E-state index contributed by atoms with van der Waals surface area (Å²) in [5.74, 6) is 0.268. The molecular weight excluding hydrogens is 270 g/mol. The normalized spacial score (nSPS) is 11.2. The van der Waals surface area contributed by atoms with Crippen molar-refractivity contribution in [3.63, 3.8) is 0 Å². The molecule has 1 aromatic carbocycles. The average Bonchev–Trinajstić information content (AvgIpc) is 2.37. The van der Waals surface area contributed by atoms with Crippen molar-refractivity contribution in [1.82, 2.24) is 4.98 Å². The second-order valence-corrected chi connectivity index (χ2v) is 6.12. The van der Waals surface area contributed by atoms with E-state index in [1.807, 2.05) is 18.2 Å². The minimum Gasteiger partial charge on any atom is -0.383 e. The third-order valence-electron chi connectivity index (χ3n) is 3.08. The molecule has 102 valence electrons. The van der Waals surface area contributed by atoms with E-state index in [0.29, 0.717) is 10.6 Å². The standard InChI is InChI=1S/C16H16ClN3/c1-16(2,3)14-8-12(13(9-18)15(19)20-14)10-4-6-11(17)7-5-10/h4-8H,1-3H3,(H2,19,20). The third-order valence-corrected chi connectivity index (χ3v) is 3.33. The fourth-order valence-electron chi connectivity index (χ4n) is 1.92. The Hall–Kier alpha value is -2.05. The topological polar surface area (TPSA) is 62.7 Å². The van der Waals surface area contributed by atoms with E-state index in [2.05, 4.69) is 31.8 Å². The first-order valence-corrected chi connectivity index (χ1v) is 6.68. The summed E-state index contributed by atoms with van der Waals surface area (Å²) in [5, 5.41) is 9.97. The molecule has 0 saturated carbocycles. The van der Waals surface area contributed by atoms with Crippen molar-refractivity contribution in [2.75, 3.05) is 5.73 Å². The maximum atomic E-state index is 9.31. The molecule has 4 heteroatoms. The van der Waals surface area contributed by atoms with E-state index in [1.54, 1.807) is 12.1 Å². The Kier molecular flexibility index (Phi) is 3.69. The van der Waals surface area contributed by atoms with E-state index < -0.39 is 0 Å². The van der Waals surface area contributed by atoms with Crippen molar-refractivity contribution in [2.45, 2.75) is 26.2 Å². The molecule has 2 aromatic rings. The monoisotopic (exact) mass is 285 g/mol. The van der Waals surface area contributed by atoms with E-state index in [1.165, 1.54) is 0 Å². The predicted molar refractivity (Wildman–Crippen MR) is 82.5 cm³/mol. The molecule has 2 rings (SSSR count). The quantitative estimate of drug-likeness (QED) is 0.856. The van der Waals surface area contributed by atoms with Crippen molar-refractivity contribution in [2.24, 2.45) is 0 Å². The molecule has 3 nitrogen and oxygen atoms in total. The first-order valence-electron chi connectivity index (χ1n) is 6.30. The van der Waals surface area contributed by atoms with Crippen molar-refractivity contribution in [3.8, 4) is 17.2 Å². The van der Waals surface area contributed by atoms with E-state index in [-0.39, 0.29) is 11.2 Å². The Morgan fingerprint density at radius 2 is 1.80 bits per heavy atom. The van der Waals surface area contributed by atoms with Gasteiger partial charge in [-0.1, -0.05) is 44.5 Å². The number of hydrogen-bond acceptors (Lipinski definition) is 3. The number of hydrogen-bond donors (Lipinski definition) is 1. The van der Waals surface area contributed by atoms with Crippen LogP contribution in [-0.2, 0) is 5.41 Å². The summed E-state index contributed by atoms with van der Waals surface area (Å²) in [7, 11) is 0. The number of rotatable bonds is 1. The molecule has 0 saturated heterocycles. The summed E-state index contributed by atoms with van der Waals surface area (Å²) in [5.41, 5.74) is 8.77. The van der Waals surface area contributed by atoms with Crippen LogP contribution in [0, 0.1) is 11.3 Å². The molecular formula is C16H16ClN3. The Morgan fingerprint density at radius 3 is 2.30 bits per heavy atom. The highest BCUT2D eigenvalue weighted by molar-refractivity contribution is 6.30. The minimum atomic E-state index is -0.136. The summed E-state index contributed by atoms with van der Waals surface area (Å²) in [4.78, 5) is 4.35. The molecule has 1 heterocycles. The van der Waals surface area contributed by atoms with Crippen molar-refractivity contribution in [3.05, 3.63) is 46.6 Å². The van der Waals surface area contributed by atoms with Gasteiger partial charge in [-0.2, -0.15) is 5.26 Å². The van der Waals surface area contributed by atoms with Gasteiger partial charge in [0.1, 0.15) is 17.5 Å². The van der Waals surface area contributed by atoms with Gasteiger partial charge in [0.05, 0.1) is 0 Å². The van der Waals surface area contributed by atoms with Crippen molar-refractivity contribution >= 4 is 17.4 Å². The van der Waals surface area contributed by atoms with Crippen LogP contribution in [0.5, 0.6) is 0 Å². The highest BCUT2D eigenvalue weighted by Gasteiger charge is 2.20. The maximum Gasteiger partial charge on any atom is 0.142 e. The molecule has 0 bridgehead atoms. The number of nitrogens with zero attached hydrogens (tertiary/aromatic N) is 2. The number of nitriles is 1. The number of nitrogen functional groups attached to an aromatic ring is 1. The Labute approximate surface area is 124 Å². The van der Waals surface area contributed by atoms with Crippen LogP contribution in [0.25, 0.3) is 11.1 Å². The summed E-state index contributed by atoms with van der Waals surface area (Å²) >= 11 is 5.91. The van der Waals surface area contributed by atoms with Crippen LogP contribution in [0.15, 0.2) is 30.3 Å². The summed E-state index contributed by atoms with van der Waals surface area (Å²) < 4.78 is 0. The molecule has 0 aliphatic carbocycles. The van der Waals surface area contributed by atoms with Gasteiger partial charge in [0, 0.05) is 21.7 Å². The zero-order valence-corrected chi connectivity index (χ0v) is 12.5. The van der Waals surface area contributed by atoms with Gasteiger partial charge in [0.2, 0.25) is 0 Å². The number of halogens is 1. The van der Waals surface area contributed by atoms with Crippen LogP contribution in [0.3, 0.4) is 0 Å². The zero-order chi connectivity index (χ0) is 14.9. The zero-order valence-electron chi connectivity index (χ0n) is 11.7. The second kappa shape index (κ2) is 5.15. The average molecular weight is 286 g/mol. The Morgan fingerprint density at radius 1 is 1.20 bits per heavy atom. The molecule has 20 heavy (non-hydrogen) atoms. The SMILES string of the molecule is CC(C)(C)c1cc(-c2ccc(Cl)cc2)c(C#N)c(N)n1. The molecule has 0 fully saturated rings. The van der Waals surface area contributed by atoms with E-state index in [0.717, 1.165) is 16.8 Å². The van der Waals surface area contributed by atoms with Gasteiger partial charge < -0.3 is 5.73 Å². The Balaban J connectivity index is 2.70. The lowest BCUT2D eigenvalue weighted by atomic mass is 9.88. The van der Waals surface area contributed by atoms with Crippen molar-refractivity contribution < 1.29 is 0 Å². The Bertz CT molecular complexity index is 677. The number of pyridine rings is 1. The van der Waals surface area contributed by atoms with Crippen LogP contribution in [0.4, 0.5) is 5.82 Å². The molecule has 0 aliphatic heterocycles. The molecule has 0 aliphatic rings. The molecule has 0 unspecified atom stereocenters. The molecule has 0 atom stereocenters. The molecule has 0 spiro atoms. The largest absolute Gasteiger partial charge is 0.383 e. The molecule has 0 radical (unpaired) electrons. The number of anilines is 1. The van der Waals surface area contributed by atoms with Gasteiger partial charge in [0.15, 0.2) is 0 Å². The first-order chi connectivity index (χ1) is 9.32. The molecule has 1 aromatic heterocycles. The minimum absolute atomic E-state index is 0.136. The highest BCUT2D eigenvalue weighted by Crippen LogP contribution is 2.32. The van der Waals surface area contributed by atoms with Gasteiger partial charge >= 0.3 is 0 Å². The summed E-state index contributed by atoms with van der Waals surface area (Å²) in [6, 6.07) is 11.4. The van der Waals surface area contributed by atoms with Gasteiger partial charge in [-0.25, -0.2) is 4.98 Å². The van der Waals surface area contributed by atoms with Crippen LogP contribution in [0.2, 0.25) is 5.02 Å². The third kappa shape index (κ3) is 2.76. The fourth-order valence-corrected chi connectivity index (χ4v) is 2.05. The lowest BCUT2D eigenvalue weighted by Gasteiger charge is -2.20. The van der Waals surface area contributed by atoms with Gasteiger partial charge in [-0.3, -0.25) is 0 Å². The van der Waals surface area contributed by atoms with Crippen LogP contribution < -0.4 is 5.73 Å². The highest BCUT2D eigenvalue weighted by atomic mass is 35.5. The maximum absolute atomic E-state index is 9.31. The number of benzene rings is 1. The van der Waals surface area contributed by atoms with Gasteiger partial charge in [-0.05, 0) is 23.8 Å². The van der Waals surface area contributed by atoms with Crippen LogP contribution in [0.1, 0.15) is 32.0 Å². The van der Waals surface area contributed by atoms with Crippen LogP contribution >= 0.6 is 11.6 Å². The second-order valence-electron chi connectivity index (χ2n) is 5.68. The van der Waals surface area contributed by atoms with Gasteiger partial charge in [-0.15, -0.1) is 0 Å². The van der Waals surface area contributed by atoms with E-state index >= 15 is 0 Å². The predicted octanol–water partition coefficient (Wildman–Crippen LogP) is 4.15. The van der Waals surface area contributed by atoms with Crippen LogP contribution in [-0.4, -0.2) is 4.98 Å². The van der Waals surface area contributed by atoms with Gasteiger partial charge in [0.25, 0.3) is 0 Å². The molecule has 2 N–H and O–H groups in total. The summed E-state index contributed by atoms with van der Waals surface area (Å²) in [6.07, 6.45) is 0. The lowest BCUT2D eigenvalue weighted by Crippen LogP contribution is -2.15. The number of nitrogens with two attached hydrogens (primary N) is 1. The van der Waals surface area contributed by atoms with E-state index in [4.69, 9.17) is 17.3 Å². The fraction of sp³-hybridized carbons (Fsp3) is 0.250. The summed E-state index contributed by atoms with van der Waals surface area (Å²) in [6.45, 7) is 6.19. The van der Waals surface area contributed by atoms with E-state index in [9.17, 15) is 5.26 Å².